The Labute approximate surface area is 116 Å². The summed E-state index contributed by atoms with van der Waals surface area (Å²) in [6, 6.07) is 13.4. The normalized spacial score (nSPS) is 12.4. The predicted molar refractivity (Wildman–Crippen MR) is 73.3 cm³/mol. The molecule has 0 aliphatic carbocycles. The Balaban J connectivity index is 1.75. The summed E-state index contributed by atoms with van der Waals surface area (Å²) in [5, 5.41) is 18.2. The fraction of sp³-hybridized carbons (Fsp3) is 0.200. The van der Waals surface area contributed by atoms with Gasteiger partial charge in [0, 0.05) is 6.42 Å². The molecule has 0 spiro atoms. The zero-order valence-corrected chi connectivity index (χ0v) is 10.9. The number of hydrogen-bond acceptors (Lipinski definition) is 4. The summed E-state index contributed by atoms with van der Waals surface area (Å²) >= 11 is 0. The fourth-order valence-corrected chi connectivity index (χ4v) is 2.12. The summed E-state index contributed by atoms with van der Waals surface area (Å²) < 4.78 is 6.93. The summed E-state index contributed by atoms with van der Waals surface area (Å²) in [4.78, 5) is 0. The van der Waals surface area contributed by atoms with Gasteiger partial charge in [0.1, 0.15) is 5.76 Å². The van der Waals surface area contributed by atoms with Crippen LogP contribution in [0.4, 0.5) is 0 Å². The highest BCUT2D eigenvalue weighted by molar-refractivity contribution is 5.31. The Morgan fingerprint density at radius 3 is 2.75 bits per heavy atom. The first-order valence-corrected chi connectivity index (χ1v) is 6.51. The molecule has 0 amide bonds. The first-order chi connectivity index (χ1) is 9.84. The molecule has 0 aliphatic heterocycles. The standard InChI is InChI=1S/C15H15N3O2/c19-15(9-8-13-7-4-10-20-13)14-11-16-17-18(14)12-5-2-1-3-6-12/h1-7,10-11,15,19H,8-9H2. The van der Waals surface area contributed by atoms with Crippen LogP contribution in [0.5, 0.6) is 0 Å². The molecular weight excluding hydrogens is 254 g/mol. The van der Waals surface area contributed by atoms with E-state index in [2.05, 4.69) is 10.3 Å². The number of nitrogens with zero attached hydrogens (tertiary/aromatic N) is 3. The maximum atomic E-state index is 10.3. The lowest BCUT2D eigenvalue weighted by Crippen LogP contribution is -2.08. The van der Waals surface area contributed by atoms with Crippen molar-refractivity contribution < 1.29 is 9.52 Å². The maximum Gasteiger partial charge on any atom is 0.103 e. The summed E-state index contributed by atoms with van der Waals surface area (Å²) in [5.41, 5.74) is 1.57. The smallest absolute Gasteiger partial charge is 0.103 e. The number of aryl methyl sites for hydroxylation is 1. The van der Waals surface area contributed by atoms with Crippen LogP contribution in [0.2, 0.25) is 0 Å². The highest BCUT2D eigenvalue weighted by Crippen LogP contribution is 2.20. The van der Waals surface area contributed by atoms with Crippen molar-refractivity contribution in [3.05, 3.63) is 66.4 Å². The fourth-order valence-electron chi connectivity index (χ4n) is 2.12. The van der Waals surface area contributed by atoms with Gasteiger partial charge in [0.2, 0.25) is 0 Å². The van der Waals surface area contributed by atoms with E-state index in [4.69, 9.17) is 4.42 Å². The minimum atomic E-state index is -0.629. The number of aromatic nitrogens is 3. The van der Waals surface area contributed by atoms with Crippen molar-refractivity contribution in [1.82, 2.24) is 15.0 Å². The van der Waals surface area contributed by atoms with E-state index in [1.54, 1.807) is 17.1 Å². The van der Waals surface area contributed by atoms with E-state index in [1.807, 2.05) is 42.5 Å². The molecule has 0 saturated heterocycles. The SMILES string of the molecule is OC(CCc1ccco1)c1cnnn1-c1ccccc1. The number of benzene rings is 1. The van der Waals surface area contributed by atoms with E-state index >= 15 is 0 Å². The quantitative estimate of drug-likeness (QED) is 0.773. The molecular formula is C15H15N3O2. The molecule has 0 radical (unpaired) electrons. The molecule has 0 bridgehead atoms. The van der Waals surface area contributed by atoms with E-state index in [9.17, 15) is 5.11 Å². The highest BCUT2D eigenvalue weighted by Gasteiger charge is 2.15. The van der Waals surface area contributed by atoms with E-state index in [0.29, 0.717) is 18.5 Å². The average molecular weight is 269 g/mol. The van der Waals surface area contributed by atoms with Crippen molar-refractivity contribution in [2.75, 3.05) is 0 Å². The van der Waals surface area contributed by atoms with Crippen LogP contribution in [-0.4, -0.2) is 20.1 Å². The molecule has 2 heterocycles. The molecule has 1 aromatic carbocycles. The molecule has 3 aromatic rings. The van der Waals surface area contributed by atoms with E-state index < -0.39 is 6.10 Å². The van der Waals surface area contributed by atoms with Gasteiger partial charge >= 0.3 is 0 Å². The zero-order valence-electron chi connectivity index (χ0n) is 10.9. The van der Waals surface area contributed by atoms with Gasteiger partial charge in [-0.15, -0.1) is 5.10 Å². The lowest BCUT2D eigenvalue weighted by atomic mass is 10.1. The minimum Gasteiger partial charge on any atom is -0.469 e. The zero-order chi connectivity index (χ0) is 13.8. The molecule has 2 aromatic heterocycles. The van der Waals surface area contributed by atoms with Gasteiger partial charge in [-0.05, 0) is 30.7 Å². The Morgan fingerprint density at radius 2 is 2.00 bits per heavy atom. The van der Waals surface area contributed by atoms with Gasteiger partial charge in [-0.1, -0.05) is 23.4 Å². The van der Waals surface area contributed by atoms with Crippen LogP contribution in [0.15, 0.2) is 59.3 Å². The van der Waals surface area contributed by atoms with Gasteiger partial charge in [-0.2, -0.15) is 0 Å². The largest absolute Gasteiger partial charge is 0.469 e. The Kier molecular flexibility index (Phi) is 3.60. The lowest BCUT2D eigenvalue weighted by molar-refractivity contribution is 0.158. The number of para-hydroxylation sites is 1. The van der Waals surface area contributed by atoms with Crippen LogP contribution in [0.25, 0.3) is 5.69 Å². The molecule has 1 atom stereocenters. The number of furan rings is 1. The van der Waals surface area contributed by atoms with E-state index in [0.717, 1.165) is 11.4 Å². The van der Waals surface area contributed by atoms with Gasteiger partial charge in [0.25, 0.3) is 0 Å². The topological polar surface area (TPSA) is 64.1 Å². The molecule has 1 N–H and O–H groups in total. The third-order valence-corrected chi connectivity index (χ3v) is 3.16. The second-order valence-corrected chi connectivity index (χ2v) is 4.54. The van der Waals surface area contributed by atoms with Crippen LogP contribution in [-0.2, 0) is 6.42 Å². The molecule has 0 aliphatic rings. The van der Waals surface area contributed by atoms with Crippen molar-refractivity contribution in [3.8, 4) is 5.69 Å². The number of aliphatic hydroxyl groups is 1. The molecule has 3 rings (SSSR count). The summed E-state index contributed by atoms with van der Waals surface area (Å²) in [6.07, 6.45) is 3.84. The molecule has 102 valence electrons. The molecule has 20 heavy (non-hydrogen) atoms. The molecule has 5 nitrogen and oxygen atoms in total. The number of hydrogen-bond donors (Lipinski definition) is 1. The van der Waals surface area contributed by atoms with Gasteiger partial charge in [-0.3, -0.25) is 0 Å². The van der Waals surface area contributed by atoms with Crippen molar-refractivity contribution in [2.24, 2.45) is 0 Å². The van der Waals surface area contributed by atoms with Gasteiger partial charge in [0.15, 0.2) is 0 Å². The van der Waals surface area contributed by atoms with E-state index in [1.165, 1.54) is 0 Å². The van der Waals surface area contributed by atoms with Crippen LogP contribution in [0, 0.1) is 0 Å². The molecule has 0 fully saturated rings. The number of aliphatic hydroxyl groups excluding tert-OH is 1. The minimum absolute atomic E-state index is 0.563. The van der Waals surface area contributed by atoms with Crippen molar-refractivity contribution >= 4 is 0 Å². The molecule has 0 saturated carbocycles. The monoisotopic (exact) mass is 269 g/mol. The number of rotatable bonds is 5. The highest BCUT2D eigenvalue weighted by atomic mass is 16.3. The van der Waals surface area contributed by atoms with Gasteiger partial charge in [0.05, 0.1) is 29.9 Å². The third kappa shape index (κ3) is 2.62. The Hall–Kier alpha value is -2.40. The van der Waals surface area contributed by atoms with Crippen LogP contribution in [0.3, 0.4) is 0 Å². The van der Waals surface area contributed by atoms with Crippen LogP contribution < -0.4 is 0 Å². The Bertz CT molecular complexity index is 647. The summed E-state index contributed by atoms with van der Waals surface area (Å²) in [6.45, 7) is 0. The Morgan fingerprint density at radius 1 is 1.15 bits per heavy atom. The van der Waals surface area contributed by atoms with Crippen LogP contribution >= 0.6 is 0 Å². The second-order valence-electron chi connectivity index (χ2n) is 4.54. The maximum absolute atomic E-state index is 10.3. The summed E-state index contributed by atoms with van der Waals surface area (Å²) in [7, 11) is 0. The molecule has 5 heteroatoms. The second kappa shape index (κ2) is 5.71. The van der Waals surface area contributed by atoms with E-state index in [-0.39, 0.29) is 0 Å². The van der Waals surface area contributed by atoms with Gasteiger partial charge in [-0.25, -0.2) is 4.68 Å². The van der Waals surface area contributed by atoms with Crippen molar-refractivity contribution in [3.63, 3.8) is 0 Å². The average Bonchev–Trinajstić information content (AvgIpc) is 3.17. The first kappa shape index (κ1) is 12.6. The first-order valence-electron chi connectivity index (χ1n) is 6.51. The van der Waals surface area contributed by atoms with Crippen LogP contribution in [0.1, 0.15) is 24.0 Å². The predicted octanol–water partition coefficient (Wildman–Crippen LogP) is 2.53. The molecule has 1 unspecified atom stereocenters. The van der Waals surface area contributed by atoms with Gasteiger partial charge < -0.3 is 9.52 Å². The van der Waals surface area contributed by atoms with Crippen molar-refractivity contribution in [1.29, 1.82) is 0 Å². The lowest BCUT2D eigenvalue weighted by Gasteiger charge is -2.11. The summed E-state index contributed by atoms with van der Waals surface area (Å²) in [5.74, 6) is 0.864. The third-order valence-electron chi connectivity index (χ3n) is 3.16. The van der Waals surface area contributed by atoms with Crippen molar-refractivity contribution in [2.45, 2.75) is 18.9 Å².